The van der Waals surface area contributed by atoms with Gasteiger partial charge < -0.3 is 5.73 Å². The predicted octanol–water partition coefficient (Wildman–Crippen LogP) is 5.19. The summed E-state index contributed by atoms with van der Waals surface area (Å²) in [7, 11) is 0. The highest BCUT2D eigenvalue weighted by molar-refractivity contribution is 9.11. The summed E-state index contributed by atoms with van der Waals surface area (Å²) in [5.41, 5.74) is 8.75. The number of benzene rings is 2. The van der Waals surface area contributed by atoms with Crippen molar-refractivity contribution in [2.75, 3.05) is 0 Å². The molecule has 0 saturated heterocycles. The van der Waals surface area contributed by atoms with E-state index >= 15 is 0 Å². The first-order chi connectivity index (χ1) is 8.93. The first-order valence-corrected chi connectivity index (χ1v) is 7.77. The molecule has 0 heterocycles. The third-order valence-corrected chi connectivity index (χ3v) is 4.80. The fraction of sp³-hybridized carbons (Fsp3) is 0.250. The summed E-state index contributed by atoms with van der Waals surface area (Å²) in [6.45, 7) is 4.36. The molecule has 0 aliphatic rings. The predicted molar refractivity (Wildman–Crippen MR) is 88.2 cm³/mol. The van der Waals surface area contributed by atoms with Gasteiger partial charge >= 0.3 is 0 Å². The highest BCUT2D eigenvalue weighted by Gasteiger charge is 2.30. The number of halogens is 2. The Balaban J connectivity index is 2.43. The smallest absolute Gasteiger partial charge is 0.0399 e. The maximum Gasteiger partial charge on any atom is 0.0399 e. The van der Waals surface area contributed by atoms with Crippen LogP contribution in [-0.2, 0) is 5.41 Å². The molecule has 2 N–H and O–H groups in total. The molecule has 1 nitrogen and oxygen atoms in total. The van der Waals surface area contributed by atoms with E-state index in [0.29, 0.717) is 0 Å². The summed E-state index contributed by atoms with van der Waals surface area (Å²) in [5, 5.41) is 0. The van der Waals surface area contributed by atoms with E-state index in [0.717, 1.165) is 14.5 Å². The second-order valence-electron chi connectivity index (χ2n) is 5.23. The van der Waals surface area contributed by atoms with Crippen molar-refractivity contribution in [2.24, 2.45) is 5.73 Å². The molecule has 0 fully saturated rings. The van der Waals surface area contributed by atoms with Crippen LogP contribution < -0.4 is 5.73 Å². The normalized spacial score (nSPS) is 13.3. The lowest BCUT2D eigenvalue weighted by Crippen LogP contribution is -2.33. The van der Waals surface area contributed by atoms with Gasteiger partial charge in [-0.15, -0.1) is 0 Å². The average Bonchev–Trinajstić information content (AvgIpc) is 2.41. The largest absolute Gasteiger partial charge is 0.323 e. The monoisotopic (exact) mass is 381 g/mol. The fourth-order valence-corrected chi connectivity index (χ4v) is 3.06. The Morgan fingerprint density at radius 2 is 1.63 bits per heavy atom. The topological polar surface area (TPSA) is 26.0 Å². The molecule has 2 aromatic rings. The number of rotatable bonds is 3. The fourth-order valence-electron chi connectivity index (χ4n) is 2.19. The van der Waals surface area contributed by atoms with Crippen molar-refractivity contribution in [3.05, 3.63) is 68.6 Å². The molecule has 1 unspecified atom stereocenters. The van der Waals surface area contributed by atoms with Gasteiger partial charge in [-0.05, 0) is 29.3 Å². The van der Waals surface area contributed by atoms with Crippen LogP contribution in [0.5, 0.6) is 0 Å². The minimum atomic E-state index is -0.134. The van der Waals surface area contributed by atoms with Crippen LogP contribution in [0.15, 0.2) is 57.5 Å². The van der Waals surface area contributed by atoms with E-state index in [2.05, 4.69) is 76.0 Å². The summed E-state index contributed by atoms with van der Waals surface area (Å²) in [6.07, 6.45) is 0. The van der Waals surface area contributed by atoms with E-state index in [1.165, 1.54) is 5.56 Å². The van der Waals surface area contributed by atoms with Crippen molar-refractivity contribution in [1.29, 1.82) is 0 Å². The van der Waals surface area contributed by atoms with E-state index in [4.69, 9.17) is 5.73 Å². The van der Waals surface area contributed by atoms with Crippen LogP contribution in [-0.4, -0.2) is 0 Å². The molecule has 2 rings (SSSR count). The minimum absolute atomic E-state index is 0.0817. The molecule has 1 atom stereocenters. The molecule has 100 valence electrons. The lowest BCUT2D eigenvalue weighted by molar-refractivity contribution is 0.419. The Kier molecular flexibility index (Phi) is 4.49. The molecule has 0 saturated carbocycles. The molecule has 0 aliphatic carbocycles. The molecule has 0 amide bonds. The van der Waals surface area contributed by atoms with Gasteiger partial charge in [0.05, 0.1) is 0 Å². The lowest BCUT2D eigenvalue weighted by Gasteiger charge is -2.33. The first kappa shape index (κ1) is 14.8. The zero-order chi connectivity index (χ0) is 14.0. The summed E-state index contributed by atoms with van der Waals surface area (Å²) in [4.78, 5) is 0. The molecule has 3 heteroatoms. The Hall–Kier alpha value is -0.640. The van der Waals surface area contributed by atoms with Gasteiger partial charge in [-0.2, -0.15) is 0 Å². The standard InChI is InChI=1S/C16H17Br2N/c1-16(2,11-6-4-3-5-7-11)15(19)13-10-12(17)8-9-14(13)18/h3-10,15H,19H2,1-2H3. The Morgan fingerprint density at radius 1 is 1.00 bits per heavy atom. The van der Waals surface area contributed by atoms with Crippen molar-refractivity contribution in [3.8, 4) is 0 Å². The van der Waals surface area contributed by atoms with Gasteiger partial charge in [0.25, 0.3) is 0 Å². The van der Waals surface area contributed by atoms with E-state index in [9.17, 15) is 0 Å². The minimum Gasteiger partial charge on any atom is -0.323 e. The van der Waals surface area contributed by atoms with Crippen molar-refractivity contribution in [1.82, 2.24) is 0 Å². The maximum atomic E-state index is 6.52. The van der Waals surface area contributed by atoms with Gasteiger partial charge in [-0.1, -0.05) is 76.0 Å². The Labute approximate surface area is 131 Å². The number of hydrogen-bond acceptors (Lipinski definition) is 1. The number of nitrogens with two attached hydrogens (primary N) is 1. The van der Waals surface area contributed by atoms with Crippen LogP contribution in [0.25, 0.3) is 0 Å². The SMILES string of the molecule is CC(C)(c1ccccc1)C(N)c1cc(Br)ccc1Br. The zero-order valence-electron chi connectivity index (χ0n) is 11.0. The summed E-state index contributed by atoms with van der Waals surface area (Å²) >= 11 is 7.11. The van der Waals surface area contributed by atoms with E-state index in [-0.39, 0.29) is 11.5 Å². The molecule has 2 aromatic carbocycles. The quantitative estimate of drug-likeness (QED) is 0.776. The van der Waals surface area contributed by atoms with Gasteiger partial charge in [0, 0.05) is 20.4 Å². The molecular formula is C16H17Br2N. The third-order valence-electron chi connectivity index (χ3n) is 3.59. The highest BCUT2D eigenvalue weighted by atomic mass is 79.9. The van der Waals surface area contributed by atoms with Crippen molar-refractivity contribution in [2.45, 2.75) is 25.3 Å². The van der Waals surface area contributed by atoms with Gasteiger partial charge in [-0.3, -0.25) is 0 Å². The summed E-state index contributed by atoms with van der Waals surface area (Å²) in [5.74, 6) is 0. The van der Waals surface area contributed by atoms with Crippen LogP contribution in [0.4, 0.5) is 0 Å². The second kappa shape index (κ2) is 5.78. The van der Waals surface area contributed by atoms with Gasteiger partial charge in [-0.25, -0.2) is 0 Å². The average molecular weight is 383 g/mol. The van der Waals surface area contributed by atoms with Gasteiger partial charge in [0.1, 0.15) is 0 Å². The van der Waals surface area contributed by atoms with Crippen molar-refractivity contribution < 1.29 is 0 Å². The second-order valence-corrected chi connectivity index (χ2v) is 7.00. The molecule has 0 aromatic heterocycles. The summed E-state index contributed by atoms with van der Waals surface area (Å²) < 4.78 is 2.09. The van der Waals surface area contributed by atoms with Crippen LogP contribution >= 0.6 is 31.9 Å². The molecule has 0 bridgehead atoms. The molecular weight excluding hydrogens is 366 g/mol. The van der Waals surface area contributed by atoms with Gasteiger partial charge in [0.2, 0.25) is 0 Å². The Bertz CT molecular complexity index is 564. The molecule has 0 aliphatic heterocycles. The van der Waals surface area contributed by atoms with Crippen molar-refractivity contribution in [3.63, 3.8) is 0 Å². The summed E-state index contributed by atoms with van der Waals surface area (Å²) in [6, 6.07) is 16.4. The van der Waals surface area contributed by atoms with E-state index in [1.54, 1.807) is 0 Å². The van der Waals surface area contributed by atoms with Crippen LogP contribution in [0.1, 0.15) is 31.0 Å². The molecule has 0 radical (unpaired) electrons. The lowest BCUT2D eigenvalue weighted by atomic mass is 9.75. The van der Waals surface area contributed by atoms with Crippen LogP contribution in [0.2, 0.25) is 0 Å². The zero-order valence-corrected chi connectivity index (χ0v) is 14.2. The Morgan fingerprint density at radius 3 is 2.26 bits per heavy atom. The van der Waals surface area contributed by atoms with E-state index in [1.807, 2.05) is 18.2 Å². The van der Waals surface area contributed by atoms with Crippen molar-refractivity contribution >= 4 is 31.9 Å². The molecule has 0 spiro atoms. The molecule has 19 heavy (non-hydrogen) atoms. The third kappa shape index (κ3) is 3.10. The van der Waals surface area contributed by atoms with Gasteiger partial charge in [0.15, 0.2) is 0 Å². The van der Waals surface area contributed by atoms with E-state index < -0.39 is 0 Å². The first-order valence-electron chi connectivity index (χ1n) is 6.19. The maximum absolute atomic E-state index is 6.52. The van der Waals surface area contributed by atoms with Crippen LogP contribution in [0, 0.1) is 0 Å². The highest BCUT2D eigenvalue weighted by Crippen LogP contribution is 2.38. The van der Waals surface area contributed by atoms with Crippen LogP contribution in [0.3, 0.4) is 0 Å². The number of hydrogen-bond donors (Lipinski definition) is 1.